The molecule has 1 aromatic rings. The lowest BCUT2D eigenvalue weighted by Gasteiger charge is -2.40. The van der Waals surface area contributed by atoms with Crippen LogP contribution in [0, 0.1) is 0 Å². The maximum atomic E-state index is 11.7. The van der Waals surface area contributed by atoms with Gasteiger partial charge in [0.2, 0.25) is 0 Å². The predicted octanol–water partition coefficient (Wildman–Crippen LogP) is 0.841. The zero-order valence-electron chi connectivity index (χ0n) is 11.5. The van der Waals surface area contributed by atoms with Crippen LogP contribution >= 0.6 is 0 Å². The first-order chi connectivity index (χ1) is 9.74. The third-order valence-corrected chi connectivity index (χ3v) is 4.94. The Balaban J connectivity index is 1.57. The molecule has 3 aliphatic rings. The molecule has 1 aliphatic carbocycles. The van der Waals surface area contributed by atoms with Crippen molar-refractivity contribution in [1.82, 2.24) is 15.1 Å². The van der Waals surface area contributed by atoms with Crippen LogP contribution in [-0.2, 0) is 0 Å². The number of urea groups is 1. The minimum absolute atomic E-state index is 0.0955. The molecule has 2 fully saturated rings. The molecule has 0 bridgehead atoms. The molecule has 3 N–H and O–H groups in total. The van der Waals surface area contributed by atoms with Crippen LogP contribution in [0.1, 0.15) is 29.6 Å². The number of fused-ring (bicyclic) bond motifs is 2. The molecule has 5 nitrogen and oxygen atoms in total. The molecule has 0 spiro atoms. The van der Waals surface area contributed by atoms with Crippen LogP contribution in [0.2, 0.25) is 0 Å². The largest absolute Gasteiger partial charge is 0.336 e. The van der Waals surface area contributed by atoms with E-state index in [0.717, 1.165) is 32.6 Å². The van der Waals surface area contributed by atoms with Crippen LogP contribution in [0.5, 0.6) is 0 Å². The summed E-state index contributed by atoms with van der Waals surface area (Å²) in [5, 5.41) is 2.94. The Bertz CT molecular complexity index is 546. The molecule has 2 saturated heterocycles. The second-order valence-corrected chi connectivity index (χ2v) is 6.02. The first-order valence-electron chi connectivity index (χ1n) is 7.37. The van der Waals surface area contributed by atoms with Crippen molar-refractivity contribution in [3.63, 3.8) is 0 Å². The van der Waals surface area contributed by atoms with Gasteiger partial charge in [0.1, 0.15) is 0 Å². The number of nitrogens with one attached hydrogen (secondary N) is 1. The Morgan fingerprint density at radius 1 is 1.20 bits per heavy atom. The third-order valence-electron chi connectivity index (χ3n) is 4.94. The first kappa shape index (κ1) is 12.2. The first-order valence-corrected chi connectivity index (χ1v) is 7.37. The van der Waals surface area contributed by atoms with Gasteiger partial charge >= 0.3 is 6.03 Å². The predicted molar refractivity (Wildman–Crippen MR) is 76.2 cm³/mol. The highest BCUT2D eigenvalue weighted by Crippen LogP contribution is 2.41. The smallest absolute Gasteiger partial charge is 0.317 e. The molecule has 2 heterocycles. The third kappa shape index (κ3) is 1.73. The minimum atomic E-state index is 0.0955. The normalized spacial score (nSPS) is 33.0. The summed E-state index contributed by atoms with van der Waals surface area (Å²) in [6, 6.07) is 9.50. The lowest BCUT2D eigenvalue weighted by Crippen LogP contribution is -2.52. The van der Waals surface area contributed by atoms with Crippen molar-refractivity contribution in [3.8, 4) is 0 Å². The Labute approximate surface area is 118 Å². The van der Waals surface area contributed by atoms with Crippen molar-refractivity contribution in [2.75, 3.05) is 26.2 Å². The Morgan fingerprint density at radius 2 is 2.00 bits per heavy atom. The van der Waals surface area contributed by atoms with Gasteiger partial charge in [-0.3, -0.25) is 4.90 Å². The van der Waals surface area contributed by atoms with Gasteiger partial charge in [-0.15, -0.1) is 0 Å². The van der Waals surface area contributed by atoms with Crippen molar-refractivity contribution in [3.05, 3.63) is 35.4 Å². The van der Waals surface area contributed by atoms with E-state index in [1.165, 1.54) is 11.1 Å². The average molecular weight is 272 g/mol. The van der Waals surface area contributed by atoms with Gasteiger partial charge in [0, 0.05) is 38.3 Å². The number of benzene rings is 1. The number of nitrogens with zero attached hydrogens (tertiary/aromatic N) is 2. The fourth-order valence-corrected chi connectivity index (χ4v) is 3.90. The Morgan fingerprint density at radius 3 is 2.85 bits per heavy atom. The Kier molecular flexibility index (Phi) is 2.72. The molecule has 3 unspecified atom stereocenters. The molecular weight excluding hydrogens is 252 g/mol. The number of nitrogens with two attached hydrogens (primary N) is 1. The van der Waals surface area contributed by atoms with Gasteiger partial charge in [-0.1, -0.05) is 24.3 Å². The summed E-state index contributed by atoms with van der Waals surface area (Å²) in [7, 11) is 0. The highest BCUT2D eigenvalue weighted by atomic mass is 16.2. The van der Waals surface area contributed by atoms with Gasteiger partial charge in [0.25, 0.3) is 0 Å². The zero-order valence-corrected chi connectivity index (χ0v) is 11.5. The topological polar surface area (TPSA) is 61.6 Å². The number of carbonyl (C=O) groups is 1. The van der Waals surface area contributed by atoms with E-state index in [1.807, 2.05) is 4.90 Å². The molecule has 1 aromatic carbocycles. The standard InChI is InChI=1S/C15H20N4O/c16-13-7-14(12-4-2-1-3-11(12)13)18-5-6-19-10(9-18)8-17-15(19)20/h1-4,10,13-14H,5-9,16H2,(H,17,20). The van der Waals surface area contributed by atoms with Crippen molar-refractivity contribution in [2.45, 2.75) is 24.5 Å². The number of hydrogen-bond donors (Lipinski definition) is 2. The summed E-state index contributed by atoms with van der Waals surface area (Å²) < 4.78 is 0. The quantitative estimate of drug-likeness (QED) is 0.796. The van der Waals surface area contributed by atoms with Crippen LogP contribution in [0.3, 0.4) is 0 Å². The van der Waals surface area contributed by atoms with Crippen molar-refractivity contribution < 1.29 is 4.79 Å². The van der Waals surface area contributed by atoms with Crippen LogP contribution in [0.15, 0.2) is 24.3 Å². The molecule has 5 heteroatoms. The molecular formula is C15H20N4O. The van der Waals surface area contributed by atoms with Crippen molar-refractivity contribution in [2.24, 2.45) is 5.73 Å². The van der Waals surface area contributed by atoms with Gasteiger partial charge in [0.15, 0.2) is 0 Å². The summed E-state index contributed by atoms with van der Waals surface area (Å²) >= 11 is 0. The summed E-state index contributed by atoms with van der Waals surface area (Å²) in [6.07, 6.45) is 0.993. The number of rotatable bonds is 1. The van der Waals surface area contributed by atoms with Gasteiger partial charge in [-0.05, 0) is 17.5 Å². The molecule has 20 heavy (non-hydrogen) atoms. The van der Waals surface area contributed by atoms with E-state index in [2.05, 4.69) is 34.5 Å². The second-order valence-electron chi connectivity index (χ2n) is 6.02. The van der Waals surface area contributed by atoms with E-state index in [9.17, 15) is 4.79 Å². The molecule has 0 saturated carbocycles. The maximum absolute atomic E-state index is 11.7. The molecule has 106 valence electrons. The summed E-state index contributed by atoms with van der Waals surface area (Å²) in [5.74, 6) is 0. The fraction of sp³-hybridized carbons (Fsp3) is 0.533. The summed E-state index contributed by atoms with van der Waals surface area (Å²) in [4.78, 5) is 16.1. The summed E-state index contributed by atoms with van der Waals surface area (Å²) in [5.41, 5.74) is 8.94. The number of amides is 2. The Hall–Kier alpha value is -1.59. The van der Waals surface area contributed by atoms with Gasteiger partial charge in [0.05, 0.1) is 6.04 Å². The van der Waals surface area contributed by atoms with Crippen LogP contribution in [0.4, 0.5) is 4.79 Å². The van der Waals surface area contributed by atoms with Crippen LogP contribution < -0.4 is 11.1 Å². The van der Waals surface area contributed by atoms with Gasteiger partial charge in [-0.25, -0.2) is 4.79 Å². The van der Waals surface area contributed by atoms with Crippen LogP contribution in [-0.4, -0.2) is 48.1 Å². The fourth-order valence-electron chi connectivity index (χ4n) is 3.90. The summed E-state index contributed by atoms with van der Waals surface area (Å²) in [6.45, 7) is 3.49. The number of piperazine rings is 1. The molecule has 2 aliphatic heterocycles. The van der Waals surface area contributed by atoms with E-state index in [0.29, 0.717) is 12.1 Å². The monoisotopic (exact) mass is 272 g/mol. The molecule has 0 radical (unpaired) electrons. The van der Waals surface area contributed by atoms with E-state index in [4.69, 9.17) is 5.73 Å². The molecule has 3 atom stereocenters. The minimum Gasteiger partial charge on any atom is -0.336 e. The lowest BCUT2D eigenvalue weighted by atomic mass is 10.0. The average Bonchev–Trinajstić information content (AvgIpc) is 3.01. The zero-order chi connectivity index (χ0) is 13.7. The second kappa shape index (κ2) is 4.46. The highest BCUT2D eigenvalue weighted by molar-refractivity contribution is 5.77. The van der Waals surface area contributed by atoms with Crippen LogP contribution in [0.25, 0.3) is 0 Å². The SMILES string of the molecule is NC1CC(N2CCN3C(=O)NCC3C2)c2ccccc21. The van der Waals surface area contributed by atoms with E-state index in [-0.39, 0.29) is 12.1 Å². The molecule has 0 aromatic heterocycles. The van der Waals surface area contributed by atoms with Gasteiger partial charge < -0.3 is 16.0 Å². The van der Waals surface area contributed by atoms with E-state index in [1.54, 1.807) is 0 Å². The molecule has 2 amide bonds. The van der Waals surface area contributed by atoms with Crippen molar-refractivity contribution >= 4 is 6.03 Å². The number of hydrogen-bond acceptors (Lipinski definition) is 3. The van der Waals surface area contributed by atoms with Gasteiger partial charge in [-0.2, -0.15) is 0 Å². The maximum Gasteiger partial charge on any atom is 0.317 e. The van der Waals surface area contributed by atoms with Crippen molar-refractivity contribution in [1.29, 1.82) is 0 Å². The lowest BCUT2D eigenvalue weighted by molar-refractivity contribution is 0.0863. The highest BCUT2D eigenvalue weighted by Gasteiger charge is 2.40. The molecule has 4 rings (SSSR count). The van der Waals surface area contributed by atoms with E-state index >= 15 is 0 Å². The van der Waals surface area contributed by atoms with E-state index < -0.39 is 0 Å². The number of carbonyl (C=O) groups excluding carboxylic acids is 1.